The molecule has 0 heterocycles. The third-order valence-corrected chi connectivity index (χ3v) is 3.02. The zero-order chi connectivity index (χ0) is 13.8. The monoisotopic (exact) mass is 315 g/mol. The molecule has 0 aromatic heterocycles. The van der Waals surface area contributed by atoms with Crippen molar-refractivity contribution < 1.29 is 9.84 Å². The first-order valence-electron chi connectivity index (χ1n) is 6.10. The first-order valence-corrected chi connectivity index (χ1v) is 6.89. The summed E-state index contributed by atoms with van der Waals surface area (Å²) in [7, 11) is 0. The van der Waals surface area contributed by atoms with Gasteiger partial charge in [0.05, 0.1) is 18.3 Å². The fraction of sp³-hybridized carbons (Fsp3) is 0.571. The largest absolute Gasteiger partial charge is 0.389 e. The van der Waals surface area contributed by atoms with E-state index in [9.17, 15) is 5.11 Å². The highest BCUT2D eigenvalue weighted by molar-refractivity contribution is 9.10. The molecule has 1 unspecified atom stereocenters. The summed E-state index contributed by atoms with van der Waals surface area (Å²) in [5.41, 5.74) is 1.96. The number of benzene rings is 1. The zero-order valence-electron chi connectivity index (χ0n) is 11.5. The number of hydrogen-bond donors (Lipinski definition) is 2. The molecule has 0 aliphatic heterocycles. The smallest absolute Gasteiger partial charge is 0.0945 e. The molecule has 3 nitrogen and oxygen atoms in total. The van der Waals surface area contributed by atoms with E-state index in [-0.39, 0.29) is 5.60 Å². The number of anilines is 1. The number of hydrogen-bond acceptors (Lipinski definition) is 3. The van der Waals surface area contributed by atoms with Gasteiger partial charge in [-0.3, -0.25) is 0 Å². The molecule has 0 saturated heterocycles. The van der Waals surface area contributed by atoms with Crippen LogP contribution >= 0.6 is 15.9 Å². The fourth-order valence-corrected chi connectivity index (χ4v) is 2.03. The Bertz CT molecular complexity index is 388. The van der Waals surface area contributed by atoms with Crippen LogP contribution in [0.4, 0.5) is 5.69 Å². The average Bonchev–Trinajstić information content (AvgIpc) is 2.24. The highest BCUT2D eigenvalue weighted by atomic mass is 79.9. The van der Waals surface area contributed by atoms with Crippen LogP contribution < -0.4 is 5.32 Å². The Balaban J connectivity index is 2.40. The molecule has 0 amide bonds. The molecule has 102 valence electrons. The van der Waals surface area contributed by atoms with Crippen LogP contribution in [0.1, 0.15) is 26.3 Å². The molecular formula is C14H22BrNO2. The number of aliphatic hydroxyl groups excluding tert-OH is 1. The molecule has 0 fully saturated rings. The molecule has 18 heavy (non-hydrogen) atoms. The Hall–Kier alpha value is -0.580. The van der Waals surface area contributed by atoms with E-state index in [1.807, 2.05) is 45.9 Å². The van der Waals surface area contributed by atoms with Gasteiger partial charge >= 0.3 is 0 Å². The molecule has 0 aliphatic carbocycles. The van der Waals surface area contributed by atoms with E-state index >= 15 is 0 Å². The van der Waals surface area contributed by atoms with Crippen molar-refractivity contribution in [2.45, 2.75) is 39.4 Å². The molecule has 1 atom stereocenters. The second-order valence-electron chi connectivity index (χ2n) is 5.44. The third-order valence-electron chi connectivity index (χ3n) is 2.36. The first-order chi connectivity index (χ1) is 8.28. The van der Waals surface area contributed by atoms with E-state index in [1.54, 1.807) is 0 Å². The topological polar surface area (TPSA) is 41.5 Å². The van der Waals surface area contributed by atoms with Gasteiger partial charge in [-0.05, 0) is 61.3 Å². The van der Waals surface area contributed by atoms with Crippen LogP contribution in [0.25, 0.3) is 0 Å². The molecule has 1 aromatic carbocycles. The highest BCUT2D eigenvalue weighted by Gasteiger charge is 2.13. The number of ether oxygens (including phenoxy) is 1. The molecular weight excluding hydrogens is 294 g/mol. The Morgan fingerprint density at radius 1 is 1.39 bits per heavy atom. The second kappa shape index (κ2) is 6.55. The third kappa shape index (κ3) is 5.85. The Morgan fingerprint density at radius 3 is 2.61 bits per heavy atom. The summed E-state index contributed by atoms with van der Waals surface area (Å²) in [6.45, 7) is 8.77. The summed E-state index contributed by atoms with van der Waals surface area (Å²) in [5.74, 6) is 0. The maximum absolute atomic E-state index is 9.82. The van der Waals surface area contributed by atoms with Crippen molar-refractivity contribution in [2.24, 2.45) is 0 Å². The lowest BCUT2D eigenvalue weighted by Gasteiger charge is -2.22. The van der Waals surface area contributed by atoms with Gasteiger partial charge in [0.1, 0.15) is 0 Å². The van der Waals surface area contributed by atoms with Crippen molar-refractivity contribution >= 4 is 21.6 Å². The van der Waals surface area contributed by atoms with E-state index in [2.05, 4.69) is 21.2 Å². The van der Waals surface area contributed by atoms with Gasteiger partial charge in [0.2, 0.25) is 0 Å². The van der Waals surface area contributed by atoms with Crippen molar-refractivity contribution in [3.63, 3.8) is 0 Å². The lowest BCUT2D eigenvalue weighted by molar-refractivity contribution is -0.0449. The summed E-state index contributed by atoms with van der Waals surface area (Å²) in [6, 6.07) is 6.07. The van der Waals surface area contributed by atoms with Crippen molar-refractivity contribution in [1.82, 2.24) is 0 Å². The predicted molar refractivity (Wildman–Crippen MR) is 79.1 cm³/mol. The van der Waals surface area contributed by atoms with Gasteiger partial charge in [-0.25, -0.2) is 0 Å². The van der Waals surface area contributed by atoms with Crippen LogP contribution in [-0.4, -0.2) is 30.0 Å². The quantitative estimate of drug-likeness (QED) is 0.875. The summed E-state index contributed by atoms with van der Waals surface area (Å²) in [6.07, 6.45) is -0.516. The van der Waals surface area contributed by atoms with Gasteiger partial charge in [-0.1, -0.05) is 6.07 Å². The molecule has 1 aromatic rings. The summed E-state index contributed by atoms with van der Waals surface area (Å²) in [5, 5.41) is 13.0. The van der Waals surface area contributed by atoms with Gasteiger partial charge in [-0.2, -0.15) is 0 Å². The lowest BCUT2D eigenvalue weighted by Crippen LogP contribution is -2.30. The maximum Gasteiger partial charge on any atom is 0.0945 e. The molecule has 0 saturated carbocycles. The second-order valence-corrected chi connectivity index (χ2v) is 6.30. The van der Waals surface area contributed by atoms with Crippen molar-refractivity contribution in [3.8, 4) is 0 Å². The predicted octanol–water partition coefficient (Wildman–Crippen LogP) is 3.35. The van der Waals surface area contributed by atoms with Crippen LogP contribution in [-0.2, 0) is 4.74 Å². The van der Waals surface area contributed by atoms with E-state index in [0.29, 0.717) is 13.2 Å². The van der Waals surface area contributed by atoms with Gasteiger partial charge in [-0.15, -0.1) is 0 Å². The minimum absolute atomic E-state index is 0.217. The summed E-state index contributed by atoms with van der Waals surface area (Å²) < 4.78 is 6.53. The fourth-order valence-electron chi connectivity index (χ4n) is 1.40. The highest BCUT2D eigenvalue weighted by Crippen LogP contribution is 2.23. The Labute approximate surface area is 118 Å². The molecule has 4 heteroatoms. The number of aryl methyl sites for hydroxylation is 1. The molecule has 1 rings (SSSR count). The van der Waals surface area contributed by atoms with Crippen molar-refractivity contribution in [1.29, 1.82) is 0 Å². The number of halogens is 1. The Kier molecular flexibility index (Phi) is 5.63. The molecule has 0 spiro atoms. The van der Waals surface area contributed by atoms with Crippen LogP contribution in [0, 0.1) is 6.92 Å². The SMILES string of the molecule is Cc1ccc(NCC(O)COC(C)(C)C)c(Br)c1. The standard InChI is InChI=1S/C14H22BrNO2/c1-10-5-6-13(12(15)7-10)16-8-11(17)9-18-14(2,3)4/h5-7,11,16-17H,8-9H2,1-4H3. The van der Waals surface area contributed by atoms with Crippen LogP contribution in [0.5, 0.6) is 0 Å². The van der Waals surface area contributed by atoms with Gasteiger partial charge < -0.3 is 15.2 Å². The molecule has 0 radical (unpaired) electrons. The zero-order valence-corrected chi connectivity index (χ0v) is 13.0. The van der Waals surface area contributed by atoms with Crippen LogP contribution in [0.3, 0.4) is 0 Å². The first kappa shape index (κ1) is 15.5. The minimum Gasteiger partial charge on any atom is -0.389 e. The minimum atomic E-state index is -0.516. The van der Waals surface area contributed by atoms with Gasteiger partial charge in [0.25, 0.3) is 0 Å². The normalized spacial score (nSPS) is 13.4. The van der Waals surface area contributed by atoms with Crippen LogP contribution in [0.2, 0.25) is 0 Å². The summed E-state index contributed by atoms with van der Waals surface area (Å²) >= 11 is 3.49. The lowest BCUT2D eigenvalue weighted by atomic mass is 10.2. The van der Waals surface area contributed by atoms with Gasteiger partial charge in [0.15, 0.2) is 0 Å². The van der Waals surface area contributed by atoms with E-state index in [1.165, 1.54) is 5.56 Å². The molecule has 0 aliphatic rings. The number of nitrogens with one attached hydrogen (secondary N) is 1. The Morgan fingerprint density at radius 2 is 2.06 bits per heavy atom. The van der Waals surface area contributed by atoms with Crippen molar-refractivity contribution in [2.75, 3.05) is 18.5 Å². The van der Waals surface area contributed by atoms with E-state index < -0.39 is 6.10 Å². The van der Waals surface area contributed by atoms with Gasteiger partial charge in [0, 0.05) is 16.7 Å². The van der Waals surface area contributed by atoms with Crippen molar-refractivity contribution in [3.05, 3.63) is 28.2 Å². The number of rotatable bonds is 5. The van der Waals surface area contributed by atoms with E-state index in [0.717, 1.165) is 10.2 Å². The maximum atomic E-state index is 9.82. The van der Waals surface area contributed by atoms with E-state index in [4.69, 9.17) is 4.74 Å². The number of aliphatic hydroxyl groups is 1. The van der Waals surface area contributed by atoms with Crippen LogP contribution in [0.15, 0.2) is 22.7 Å². The molecule has 2 N–H and O–H groups in total. The molecule has 0 bridgehead atoms. The summed E-state index contributed by atoms with van der Waals surface area (Å²) in [4.78, 5) is 0. The average molecular weight is 316 g/mol.